The highest BCUT2D eigenvalue weighted by Gasteiger charge is 2.21. The van der Waals surface area contributed by atoms with Crippen LogP contribution in [0.5, 0.6) is 0 Å². The third kappa shape index (κ3) is 4.12. The summed E-state index contributed by atoms with van der Waals surface area (Å²) in [4.78, 5) is 29.3. The fourth-order valence-electron chi connectivity index (χ4n) is 3.41. The Morgan fingerprint density at radius 1 is 1.22 bits per heavy atom. The summed E-state index contributed by atoms with van der Waals surface area (Å²) in [5.74, 6) is 1.63. The Balaban J connectivity index is 1.43. The molecule has 10 nitrogen and oxygen atoms in total. The van der Waals surface area contributed by atoms with Gasteiger partial charge in [0.2, 0.25) is 11.7 Å². The second-order valence-corrected chi connectivity index (χ2v) is 8.91. The van der Waals surface area contributed by atoms with E-state index in [4.69, 9.17) is 9.26 Å². The van der Waals surface area contributed by atoms with Gasteiger partial charge in [-0.1, -0.05) is 37.6 Å². The summed E-state index contributed by atoms with van der Waals surface area (Å²) in [5, 5.41) is 12.8. The van der Waals surface area contributed by atoms with E-state index >= 15 is 0 Å². The number of carbonyl (C=O) groups is 1. The van der Waals surface area contributed by atoms with Crippen LogP contribution in [-0.4, -0.2) is 35.3 Å². The molecule has 1 aromatic carbocycles. The van der Waals surface area contributed by atoms with Gasteiger partial charge in [-0.3, -0.25) is 18.6 Å². The quantitative estimate of drug-likeness (QED) is 0.422. The number of hydrogen-bond acceptors (Lipinski definition) is 8. The molecule has 0 saturated heterocycles. The number of aromatic nitrogens is 6. The number of ether oxygens (including phenoxy) is 1. The fourth-order valence-corrected chi connectivity index (χ4v) is 3.41. The summed E-state index contributed by atoms with van der Waals surface area (Å²) in [7, 11) is 1.65. The minimum Gasteiger partial charge on any atom is -0.457 e. The van der Waals surface area contributed by atoms with Crippen LogP contribution >= 0.6 is 0 Å². The molecule has 0 amide bonds. The van der Waals surface area contributed by atoms with E-state index in [-0.39, 0.29) is 30.0 Å². The maximum absolute atomic E-state index is 12.6. The number of fused-ring (bicyclic) bond motifs is 3. The van der Waals surface area contributed by atoms with Gasteiger partial charge in [0, 0.05) is 25.3 Å². The molecule has 0 fully saturated rings. The molecule has 32 heavy (non-hydrogen) atoms. The fraction of sp³-hybridized carbons (Fsp3) is 0.455. The van der Waals surface area contributed by atoms with Crippen LogP contribution < -0.4 is 5.56 Å². The highest BCUT2D eigenvalue weighted by Crippen LogP contribution is 2.19. The van der Waals surface area contributed by atoms with Crippen LogP contribution in [0.1, 0.15) is 56.7 Å². The predicted octanol–water partition coefficient (Wildman–Crippen LogP) is 2.64. The molecule has 0 radical (unpaired) electrons. The van der Waals surface area contributed by atoms with Crippen molar-refractivity contribution in [2.45, 2.75) is 59.0 Å². The van der Waals surface area contributed by atoms with Gasteiger partial charge >= 0.3 is 5.97 Å². The molecule has 3 aromatic heterocycles. The molecule has 0 unspecified atom stereocenters. The summed E-state index contributed by atoms with van der Waals surface area (Å²) in [6.07, 6.45) is 1.24. The third-order valence-electron chi connectivity index (χ3n) is 5.21. The Morgan fingerprint density at radius 3 is 2.72 bits per heavy atom. The van der Waals surface area contributed by atoms with E-state index in [1.54, 1.807) is 11.4 Å². The summed E-state index contributed by atoms with van der Waals surface area (Å²) >= 11 is 0. The number of aryl methyl sites for hydroxylation is 3. The smallest absolute Gasteiger partial charge is 0.306 e. The third-order valence-corrected chi connectivity index (χ3v) is 5.21. The zero-order valence-electron chi connectivity index (χ0n) is 18.9. The van der Waals surface area contributed by atoms with Gasteiger partial charge in [0.25, 0.3) is 5.56 Å². The van der Waals surface area contributed by atoms with Crippen LogP contribution in [0.2, 0.25) is 0 Å². The number of esters is 1. The largest absolute Gasteiger partial charge is 0.457 e. The molecule has 4 aromatic rings. The van der Waals surface area contributed by atoms with Crippen molar-refractivity contribution < 1.29 is 14.1 Å². The molecule has 10 heteroatoms. The molecule has 0 bridgehead atoms. The normalized spacial score (nSPS) is 12.0. The first-order valence-corrected chi connectivity index (χ1v) is 10.5. The Bertz CT molecular complexity index is 1360. The van der Waals surface area contributed by atoms with Crippen molar-refractivity contribution in [2.24, 2.45) is 7.05 Å². The van der Waals surface area contributed by atoms with Crippen molar-refractivity contribution >= 4 is 22.6 Å². The van der Waals surface area contributed by atoms with Gasteiger partial charge in [-0.15, -0.1) is 10.2 Å². The first kappa shape index (κ1) is 21.7. The summed E-state index contributed by atoms with van der Waals surface area (Å²) in [6.45, 7) is 7.91. The Labute approximate surface area is 184 Å². The monoisotopic (exact) mass is 438 g/mol. The van der Waals surface area contributed by atoms with Crippen molar-refractivity contribution in [3.8, 4) is 0 Å². The van der Waals surface area contributed by atoms with Crippen molar-refractivity contribution in [1.82, 2.24) is 29.3 Å². The Morgan fingerprint density at radius 2 is 2.00 bits per heavy atom. The van der Waals surface area contributed by atoms with E-state index in [2.05, 4.69) is 20.3 Å². The maximum atomic E-state index is 12.6. The number of benzene rings is 1. The molecule has 0 aliphatic heterocycles. The second kappa shape index (κ2) is 8.18. The molecule has 0 spiro atoms. The van der Waals surface area contributed by atoms with Crippen molar-refractivity contribution in [3.05, 3.63) is 51.7 Å². The first-order valence-electron chi connectivity index (χ1n) is 10.5. The average molecular weight is 438 g/mol. The van der Waals surface area contributed by atoms with E-state index in [1.807, 2.05) is 45.9 Å². The van der Waals surface area contributed by atoms with E-state index in [0.717, 1.165) is 5.56 Å². The molecule has 0 atom stereocenters. The van der Waals surface area contributed by atoms with Gasteiger partial charge < -0.3 is 9.26 Å². The van der Waals surface area contributed by atoms with E-state index in [0.29, 0.717) is 47.1 Å². The molecule has 3 heterocycles. The summed E-state index contributed by atoms with van der Waals surface area (Å²) in [6, 6.07) is 5.60. The van der Waals surface area contributed by atoms with Gasteiger partial charge in [0.05, 0.1) is 10.9 Å². The SMILES string of the molecule is Cc1ccc2c(c1)c(=O)n(C)c1nnc(COC(=O)CCCc3nc(C(C)(C)C)no3)n21. The lowest BCUT2D eigenvalue weighted by Crippen LogP contribution is -2.20. The number of hydrogen-bond donors (Lipinski definition) is 0. The van der Waals surface area contributed by atoms with Crippen LogP contribution in [-0.2, 0) is 35.0 Å². The van der Waals surface area contributed by atoms with Crippen molar-refractivity contribution in [1.29, 1.82) is 0 Å². The van der Waals surface area contributed by atoms with E-state index in [9.17, 15) is 9.59 Å². The molecule has 0 saturated carbocycles. The van der Waals surface area contributed by atoms with Crippen LogP contribution in [0.15, 0.2) is 27.5 Å². The van der Waals surface area contributed by atoms with Gasteiger partial charge in [-0.25, -0.2) is 0 Å². The van der Waals surface area contributed by atoms with Crippen LogP contribution in [0.4, 0.5) is 0 Å². The topological polar surface area (TPSA) is 117 Å². The molecule has 0 N–H and O–H groups in total. The minimum absolute atomic E-state index is 0.0457. The Hall–Kier alpha value is -3.56. The lowest BCUT2D eigenvalue weighted by molar-refractivity contribution is -0.145. The van der Waals surface area contributed by atoms with Crippen molar-refractivity contribution in [2.75, 3.05) is 0 Å². The number of rotatable bonds is 6. The standard InChI is InChI=1S/C22H26N6O4/c1-13-9-10-15-14(11-13)19(30)27(5)21-25-24-16(28(15)21)12-31-18(29)8-6-7-17-23-20(26-32-17)22(2,3)4/h9-11H,6-8,12H2,1-5H3. The lowest BCUT2D eigenvalue weighted by atomic mass is 9.96. The van der Waals surface area contributed by atoms with Gasteiger partial charge in [0.15, 0.2) is 18.3 Å². The van der Waals surface area contributed by atoms with Crippen molar-refractivity contribution in [3.63, 3.8) is 0 Å². The van der Waals surface area contributed by atoms with E-state index in [1.165, 1.54) is 4.57 Å². The van der Waals surface area contributed by atoms with Crippen LogP contribution in [0.25, 0.3) is 16.7 Å². The highest BCUT2D eigenvalue weighted by atomic mass is 16.5. The molecular weight excluding hydrogens is 412 g/mol. The average Bonchev–Trinajstić information content (AvgIpc) is 3.38. The number of carbonyl (C=O) groups excluding carboxylic acids is 1. The lowest BCUT2D eigenvalue weighted by Gasteiger charge is -2.10. The molecule has 4 rings (SSSR count). The van der Waals surface area contributed by atoms with Gasteiger partial charge in [-0.05, 0) is 25.5 Å². The molecular formula is C22H26N6O4. The summed E-state index contributed by atoms with van der Waals surface area (Å²) < 4.78 is 13.9. The van der Waals surface area contributed by atoms with Gasteiger partial charge in [-0.2, -0.15) is 4.98 Å². The zero-order chi connectivity index (χ0) is 23.0. The zero-order valence-corrected chi connectivity index (χ0v) is 18.9. The molecule has 168 valence electrons. The predicted molar refractivity (Wildman–Crippen MR) is 116 cm³/mol. The molecule has 0 aliphatic carbocycles. The van der Waals surface area contributed by atoms with Crippen LogP contribution in [0, 0.1) is 6.92 Å². The number of nitrogens with zero attached hydrogens (tertiary/aromatic N) is 6. The maximum Gasteiger partial charge on any atom is 0.306 e. The molecule has 0 aliphatic rings. The minimum atomic E-state index is -0.359. The van der Waals surface area contributed by atoms with Gasteiger partial charge in [0.1, 0.15) is 0 Å². The second-order valence-electron chi connectivity index (χ2n) is 8.91. The summed E-state index contributed by atoms with van der Waals surface area (Å²) in [5.41, 5.74) is 1.32. The van der Waals surface area contributed by atoms with E-state index < -0.39 is 0 Å². The first-order chi connectivity index (χ1) is 15.1. The Kier molecular flexibility index (Phi) is 5.53. The highest BCUT2D eigenvalue weighted by molar-refractivity contribution is 5.81. The van der Waals surface area contributed by atoms with Crippen LogP contribution in [0.3, 0.4) is 0 Å².